The fourth-order valence-electron chi connectivity index (χ4n) is 3.88. The number of rotatable bonds is 2. The summed E-state index contributed by atoms with van der Waals surface area (Å²) in [7, 11) is 0. The maximum Gasteiger partial charge on any atom is 0.333 e. The zero-order valence-corrected chi connectivity index (χ0v) is 15.4. The van der Waals surface area contributed by atoms with Crippen LogP contribution in [-0.2, 0) is 11.8 Å². The third kappa shape index (κ3) is 2.44. The smallest absolute Gasteiger partial charge is 0.306 e. The standard InChI is InChI=1S/C21H19ClN2O2/c1-3-21(2)12-13-7-4-5-10-16(13)18-17(21)19(25)24(20(26)23-18)15-9-6-8-14(22)11-15/h4-11H,3,12H2,1-2H3,(H,23,26)/t21-/m0/s1. The van der Waals surface area contributed by atoms with E-state index in [1.165, 1.54) is 4.57 Å². The maximum atomic E-state index is 13.4. The normalized spacial score (nSPS) is 18.3. The zero-order chi connectivity index (χ0) is 18.5. The Balaban J connectivity index is 2.10. The lowest BCUT2D eigenvalue weighted by Gasteiger charge is -2.35. The van der Waals surface area contributed by atoms with E-state index in [0.717, 1.165) is 24.0 Å². The Bertz CT molecular complexity index is 1130. The molecule has 1 aliphatic carbocycles. The summed E-state index contributed by atoms with van der Waals surface area (Å²) in [6.45, 7) is 4.16. The van der Waals surface area contributed by atoms with Crippen LogP contribution in [0.4, 0.5) is 0 Å². The average Bonchev–Trinajstić information content (AvgIpc) is 2.61. The molecule has 0 saturated heterocycles. The van der Waals surface area contributed by atoms with Gasteiger partial charge >= 0.3 is 5.69 Å². The van der Waals surface area contributed by atoms with Crippen LogP contribution in [-0.4, -0.2) is 9.55 Å². The van der Waals surface area contributed by atoms with Crippen LogP contribution in [0.15, 0.2) is 58.1 Å². The topological polar surface area (TPSA) is 54.9 Å². The van der Waals surface area contributed by atoms with E-state index >= 15 is 0 Å². The third-order valence-corrected chi connectivity index (χ3v) is 5.65. The Hall–Kier alpha value is -2.59. The van der Waals surface area contributed by atoms with Crippen molar-refractivity contribution < 1.29 is 0 Å². The van der Waals surface area contributed by atoms with Crippen LogP contribution in [0.3, 0.4) is 0 Å². The summed E-state index contributed by atoms with van der Waals surface area (Å²) in [5.41, 5.74) is 2.80. The molecule has 1 atom stereocenters. The second kappa shape index (κ2) is 5.99. The number of nitrogens with one attached hydrogen (secondary N) is 1. The summed E-state index contributed by atoms with van der Waals surface area (Å²) in [5, 5.41) is 0.482. The van der Waals surface area contributed by atoms with Gasteiger partial charge in [-0.3, -0.25) is 4.79 Å². The van der Waals surface area contributed by atoms with Gasteiger partial charge in [0.05, 0.1) is 11.4 Å². The fraction of sp³-hybridized carbons (Fsp3) is 0.238. The van der Waals surface area contributed by atoms with Crippen molar-refractivity contribution in [2.75, 3.05) is 0 Å². The summed E-state index contributed by atoms with van der Waals surface area (Å²) in [5.74, 6) is 0. The maximum absolute atomic E-state index is 13.4. The summed E-state index contributed by atoms with van der Waals surface area (Å²) in [6.07, 6.45) is 1.56. The first-order valence-electron chi connectivity index (χ1n) is 8.68. The van der Waals surface area contributed by atoms with Gasteiger partial charge in [-0.1, -0.05) is 55.8 Å². The second-order valence-electron chi connectivity index (χ2n) is 7.05. The van der Waals surface area contributed by atoms with Gasteiger partial charge in [-0.15, -0.1) is 0 Å². The van der Waals surface area contributed by atoms with Crippen molar-refractivity contribution in [3.63, 3.8) is 0 Å². The van der Waals surface area contributed by atoms with Gasteiger partial charge in [-0.25, -0.2) is 9.36 Å². The number of hydrogen-bond donors (Lipinski definition) is 1. The van der Waals surface area contributed by atoms with Crippen LogP contribution in [0.1, 0.15) is 31.4 Å². The molecule has 132 valence electrons. The highest BCUT2D eigenvalue weighted by molar-refractivity contribution is 6.30. The summed E-state index contributed by atoms with van der Waals surface area (Å²) in [4.78, 5) is 29.2. The molecule has 0 amide bonds. The van der Waals surface area contributed by atoms with E-state index in [1.807, 2.05) is 18.2 Å². The van der Waals surface area contributed by atoms with Crippen molar-refractivity contribution in [1.29, 1.82) is 0 Å². The number of aromatic nitrogens is 2. The molecule has 1 N–H and O–H groups in total. The van der Waals surface area contributed by atoms with Crippen LogP contribution in [0.25, 0.3) is 16.9 Å². The second-order valence-corrected chi connectivity index (χ2v) is 7.49. The molecule has 4 nitrogen and oxygen atoms in total. The van der Waals surface area contributed by atoms with Gasteiger partial charge < -0.3 is 4.98 Å². The summed E-state index contributed by atoms with van der Waals surface area (Å²) in [6, 6.07) is 14.7. The minimum Gasteiger partial charge on any atom is -0.306 e. The molecule has 0 aliphatic heterocycles. The van der Waals surface area contributed by atoms with Crippen molar-refractivity contribution >= 4 is 11.6 Å². The lowest BCUT2D eigenvalue weighted by molar-refractivity contribution is 0.437. The average molecular weight is 367 g/mol. The van der Waals surface area contributed by atoms with Gasteiger partial charge in [-0.2, -0.15) is 0 Å². The minimum absolute atomic E-state index is 0.273. The van der Waals surface area contributed by atoms with E-state index in [9.17, 15) is 9.59 Å². The molecule has 5 heteroatoms. The van der Waals surface area contributed by atoms with Crippen molar-refractivity contribution in [2.24, 2.45) is 0 Å². The lowest BCUT2D eigenvalue weighted by Crippen LogP contribution is -2.44. The molecular formula is C21H19ClN2O2. The van der Waals surface area contributed by atoms with Gasteiger partial charge in [0.25, 0.3) is 5.56 Å². The van der Waals surface area contributed by atoms with Gasteiger partial charge in [0.1, 0.15) is 0 Å². The van der Waals surface area contributed by atoms with Crippen molar-refractivity contribution in [1.82, 2.24) is 9.55 Å². The first-order valence-corrected chi connectivity index (χ1v) is 9.06. The van der Waals surface area contributed by atoms with Crippen molar-refractivity contribution in [3.8, 4) is 16.9 Å². The molecule has 1 aromatic heterocycles. The Morgan fingerprint density at radius 3 is 2.65 bits per heavy atom. The van der Waals surface area contributed by atoms with Crippen molar-refractivity contribution in [2.45, 2.75) is 32.1 Å². The fourth-order valence-corrected chi connectivity index (χ4v) is 4.06. The number of hydrogen-bond acceptors (Lipinski definition) is 2. The van der Waals surface area contributed by atoms with Crippen LogP contribution >= 0.6 is 11.6 Å². The quantitative estimate of drug-likeness (QED) is 0.743. The zero-order valence-electron chi connectivity index (χ0n) is 14.7. The van der Waals surface area contributed by atoms with Crippen LogP contribution in [0, 0.1) is 0 Å². The van der Waals surface area contributed by atoms with E-state index in [2.05, 4.69) is 24.9 Å². The molecule has 0 saturated carbocycles. The molecule has 2 aromatic carbocycles. The van der Waals surface area contributed by atoms with E-state index in [1.54, 1.807) is 24.3 Å². The lowest BCUT2D eigenvalue weighted by atomic mass is 9.69. The number of H-pyrrole nitrogens is 1. The molecule has 4 rings (SSSR count). The van der Waals surface area contributed by atoms with Gasteiger partial charge in [0, 0.05) is 21.6 Å². The molecule has 3 aromatic rings. The largest absolute Gasteiger partial charge is 0.333 e. The highest BCUT2D eigenvalue weighted by Crippen LogP contribution is 2.41. The molecule has 1 heterocycles. The molecule has 0 unspecified atom stereocenters. The van der Waals surface area contributed by atoms with Gasteiger partial charge in [-0.05, 0) is 36.6 Å². The highest BCUT2D eigenvalue weighted by atomic mass is 35.5. The molecule has 26 heavy (non-hydrogen) atoms. The Kier molecular flexibility index (Phi) is 3.88. The first-order chi connectivity index (χ1) is 12.4. The molecule has 0 bridgehead atoms. The Morgan fingerprint density at radius 1 is 1.15 bits per heavy atom. The Morgan fingerprint density at radius 2 is 1.92 bits per heavy atom. The number of benzene rings is 2. The molecular weight excluding hydrogens is 348 g/mol. The van der Waals surface area contributed by atoms with Crippen molar-refractivity contribution in [3.05, 3.63) is 85.5 Å². The Labute approximate surface area is 156 Å². The monoisotopic (exact) mass is 366 g/mol. The molecule has 0 radical (unpaired) electrons. The van der Waals surface area contributed by atoms with Gasteiger partial charge in [0.15, 0.2) is 0 Å². The predicted molar refractivity (Wildman–Crippen MR) is 104 cm³/mol. The van der Waals surface area contributed by atoms with Crippen LogP contribution in [0.2, 0.25) is 5.02 Å². The summed E-state index contributed by atoms with van der Waals surface area (Å²) < 4.78 is 1.19. The van der Waals surface area contributed by atoms with Crippen LogP contribution in [0.5, 0.6) is 0 Å². The number of aromatic amines is 1. The highest BCUT2D eigenvalue weighted by Gasteiger charge is 2.37. The van der Waals surface area contributed by atoms with E-state index in [4.69, 9.17) is 11.6 Å². The molecule has 0 fully saturated rings. The number of halogens is 1. The van der Waals surface area contributed by atoms with E-state index in [0.29, 0.717) is 22.0 Å². The van der Waals surface area contributed by atoms with E-state index in [-0.39, 0.29) is 11.0 Å². The number of fused-ring (bicyclic) bond motifs is 3. The SMILES string of the molecule is CC[C@@]1(C)Cc2ccccc2-c2[nH]c(=O)n(-c3cccc(Cl)c3)c(=O)c21. The minimum atomic E-state index is -0.453. The van der Waals surface area contributed by atoms with E-state index < -0.39 is 5.69 Å². The third-order valence-electron chi connectivity index (χ3n) is 5.42. The summed E-state index contributed by atoms with van der Waals surface area (Å²) >= 11 is 6.07. The first kappa shape index (κ1) is 16.9. The molecule has 0 spiro atoms. The number of nitrogens with zero attached hydrogens (tertiary/aromatic N) is 1. The van der Waals surface area contributed by atoms with Gasteiger partial charge in [0.2, 0.25) is 0 Å². The molecule has 1 aliphatic rings. The van der Waals surface area contributed by atoms with Crippen LogP contribution < -0.4 is 11.2 Å². The predicted octanol–water partition coefficient (Wildman–Crippen LogP) is 4.07.